The summed E-state index contributed by atoms with van der Waals surface area (Å²) in [7, 11) is 0. The molecule has 5 nitrogen and oxygen atoms in total. The quantitative estimate of drug-likeness (QED) is 0.654. The molecule has 2 rings (SSSR count). The largest absolute Gasteiger partial charge is 0.394 e. The van der Waals surface area contributed by atoms with Crippen molar-refractivity contribution in [3.8, 4) is 0 Å². The highest BCUT2D eigenvalue weighted by Gasteiger charge is 2.40. The molecule has 19 heavy (non-hydrogen) atoms. The van der Waals surface area contributed by atoms with Crippen LogP contribution in [-0.2, 0) is 9.53 Å². The zero-order chi connectivity index (χ0) is 13.7. The lowest BCUT2D eigenvalue weighted by molar-refractivity contribution is -0.128. The van der Waals surface area contributed by atoms with Crippen LogP contribution >= 0.6 is 0 Å². The zero-order valence-corrected chi connectivity index (χ0v) is 11.8. The van der Waals surface area contributed by atoms with Gasteiger partial charge in [0.05, 0.1) is 31.3 Å². The molecule has 2 fully saturated rings. The highest BCUT2D eigenvalue weighted by atomic mass is 16.5. The van der Waals surface area contributed by atoms with Crippen molar-refractivity contribution in [2.45, 2.75) is 50.6 Å². The van der Waals surface area contributed by atoms with Crippen molar-refractivity contribution in [3.63, 3.8) is 0 Å². The first-order valence-corrected chi connectivity index (χ1v) is 7.45. The zero-order valence-electron chi connectivity index (χ0n) is 11.8. The summed E-state index contributed by atoms with van der Waals surface area (Å²) >= 11 is 0. The monoisotopic (exact) mass is 270 g/mol. The fraction of sp³-hybridized carbons (Fsp3) is 0.929. The van der Waals surface area contributed by atoms with Crippen LogP contribution in [0.2, 0.25) is 0 Å². The maximum atomic E-state index is 12.4. The lowest BCUT2D eigenvalue weighted by Gasteiger charge is -2.30. The van der Waals surface area contributed by atoms with E-state index in [2.05, 4.69) is 17.6 Å². The Bertz CT molecular complexity index is 303. The predicted molar refractivity (Wildman–Crippen MR) is 72.8 cm³/mol. The van der Waals surface area contributed by atoms with Gasteiger partial charge in [-0.1, -0.05) is 19.8 Å². The molecule has 0 aromatic heterocycles. The summed E-state index contributed by atoms with van der Waals surface area (Å²) in [5.41, 5.74) is -0.380. The van der Waals surface area contributed by atoms with E-state index in [9.17, 15) is 9.90 Å². The van der Waals surface area contributed by atoms with Crippen LogP contribution in [0.5, 0.6) is 0 Å². The van der Waals surface area contributed by atoms with Gasteiger partial charge in [-0.25, -0.2) is 0 Å². The molecule has 0 aromatic carbocycles. The molecule has 1 saturated carbocycles. The van der Waals surface area contributed by atoms with Crippen LogP contribution in [-0.4, -0.2) is 49.0 Å². The van der Waals surface area contributed by atoms with Crippen LogP contribution in [0, 0.1) is 5.92 Å². The normalized spacial score (nSPS) is 29.6. The number of carbonyl (C=O) groups excluding carboxylic acids is 1. The third-order valence-electron chi connectivity index (χ3n) is 4.33. The highest BCUT2D eigenvalue weighted by molar-refractivity contribution is 5.80. The van der Waals surface area contributed by atoms with E-state index >= 15 is 0 Å². The SMILES string of the molecule is CCCNC1COCC1C(=O)NC1(CO)CCCC1. The number of amides is 1. The summed E-state index contributed by atoms with van der Waals surface area (Å²) in [4.78, 5) is 12.4. The lowest BCUT2D eigenvalue weighted by atomic mass is 9.95. The molecular formula is C14H26N2O3. The third kappa shape index (κ3) is 3.46. The minimum absolute atomic E-state index is 0.0297. The van der Waals surface area contributed by atoms with Gasteiger partial charge in [-0.05, 0) is 25.8 Å². The molecule has 1 amide bonds. The number of aliphatic hydroxyl groups is 1. The summed E-state index contributed by atoms with van der Waals surface area (Å²) < 4.78 is 5.43. The molecule has 1 heterocycles. The fourth-order valence-electron chi connectivity index (χ4n) is 3.07. The number of hydrogen-bond donors (Lipinski definition) is 3. The van der Waals surface area contributed by atoms with E-state index in [4.69, 9.17) is 4.74 Å². The van der Waals surface area contributed by atoms with Gasteiger partial charge in [-0.3, -0.25) is 4.79 Å². The number of rotatable bonds is 6. The highest BCUT2D eigenvalue weighted by Crippen LogP contribution is 2.30. The van der Waals surface area contributed by atoms with E-state index in [0.717, 1.165) is 38.6 Å². The van der Waals surface area contributed by atoms with E-state index in [1.54, 1.807) is 0 Å². The van der Waals surface area contributed by atoms with E-state index in [1.165, 1.54) is 0 Å². The van der Waals surface area contributed by atoms with E-state index in [-0.39, 0.29) is 30.0 Å². The van der Waals surface area contributed by atoms with E-state index in [0.29, 0.717) is 13.2 Å². The fourth-order valence-corrected chi connectivity index (χ4v) is 3.07. The van der Waals surface area contributed by atoms with Crippen molar-refractivity contribution in [2.75, 3.05) is 26.4 Å². The summed E-state index contributed by atoms with van der Waals surface area (Å²) in [6, 6.07) is 0.108. The predicted octanol–water partition coefficient (Wildman–Crippen LogP) is 0.422. The molecule has 0 radical (unpaired) electrons. The van der Waals surface area contributed by atoms with Crippen molar-refractivity contribution in [1.29, 1.82) is 0 Å². The average molecular weight is 270 g/mol. The molecule has 1 aliphatic carbocycles. The van der Waals surface area contributed by atoms with Gasteiger partial charge in [0.15, 0.2) is 0 Å². The topological polar surface area (TPSA) is 70.6 Å². The molecule has 2 atom stereocenters. The molecule has 0 spiro atoms. The van der Waals surface area contributed by atoms with Crippen LogP contribution in [0.25, 0.3) is 0 Å². The van der Waals surface area contributed by atoms with Crippen LogP contribution < -0.4 is 10.6 Å². The number of hydrogen-bond acceptors (Lipinski definition) is 4. The van der Waals surface area contributed by atoms with Gasteiger partial charge < -0.3 is 20.5 Å². The summed E-state index contributed by atoms with van der Waals surface area (Å²) in [6.07, 6.45) is 4.98. The molecular weight excluding hydrogens is 244 g/mol. The van der Waals surface area contributed by atoms with Gasteiger partial charge in [0, 0.05) is 6.04 Å². The van der Waals surface area contributed by atoms with Crippen molar-refractivity contribution in [1.82, 2.24) is 10.6 Å². The molecule has 2 aliphatic rings. The molecule has 1 saturated heterocycles. The molecule has 5 heteroatoms. The molecule has 2 unspecified atom stereocenters. The number of ether oxygens (including phenoxy) is 1. The maximum Gasteiger partial charge on any atom is 0.227 e. The Balaban J connectivity index is 1.91. The molecule has 3 N–H and O–H groups in total. The molecule has 1 aliphatic heterocycles. The lowest BCUT2D eigenvalue weighted by Crippen LogP contribution is -2.54. The Labute approximate surface area is 115 Å². The standard InChI is InChI=1S/C14H26N2O3/c1-2-7-15-12-9-19-8-11(12)13(18)16-14(10-17)5-3-4-6-14/h11-12,15,17H,2-10H2,1H3,(H,16,18). The van der Waals surface area contributed by atoms with Crippen LogP contribution in [0.1, 0.15) is 39.0 Å². The number of nitrogens with one attached hydrogen (secondary N) is 2. The van der Waals surface area contributed by atoms with Gasteiger partial charge in [-0.15, -0.1) is 0 Å². The summed E-state index contributed by atoms with van der Waals surface area (Å²) in [5, 5.41) is 16.0. The van der Waals surface area contributed by atoms with Crippen LogP contribution in [0.15, 0.2) is 0 Å². The Kier molecular flexibility index (Phi) is 5.19. The van der Waals surface area contributed by atoms with Crippen molar-refractivity contribution in [3.05, 3.63) is 0 Å². The van der Waals surface area contributed by atoms with Gasteiger partial charge in [0.1, 0.15) is 0 Å². The second-order valence-electron chi connectivity index (χ2n) is 5.84. The first-order chi connectivity index (χ1) is 9.21. The Hall–Kier alpha value is -0.650. The van der Waals surface area contributed by atoms with E-state index in [1.807, 2.05) is 0 Å². The average Bonchev–Trinajstić information content (AvgIpc) is 3.05. The Morgan fingerprint density at radius 3 is 2.74 bits per heavy atom. The van der Waals surface area contributed by atoms with Crippen molar-refractivity contribution >= 4 is 5.91 Å². The van der Waals surface area contributed by atoms with Gasteiger partial charge >= 0.3 is 0 Å². The van der Waals surface area contributed by atoms with Crippen LogP contribution in [0.4, 0.5) is 0 Å². The van der Waals surface area contributed by atoms with Crippen molar-refractivity contribution < 1.29 is 14.6 Å². The number of carbonyl (C=O) groups is 1. The van der Waals surface area contributed by atoms with Gasteiger partial charge in [-0.2, -0.15) is 0 Å². The minimum atomic E-state index is -0.380. The van der Waals surface area contributed by atoms with Crippen LogP contribution in [0.3, 0.4) is 0 Å². The molecule has 0 bridgehead atoms. The molecule has 0 aromatic rings. The first kappa shape index (κ1) is 14.8. The van der Waals surface area contributed by atoms with Gasteiger partial charge in [0.2, 0.25) is 5.91 Å². The summed E-state index contributed by atoms with van der Waals surface area (Å²) in [6.45, 7) is 4.14. The smallest absolute Gasteiger partial charge is 0.227 e. The number of aliphatic hydroxyl groups excluding tert-OH is 1. The van der Waals surface area contributed by atoms with E-state index < -0.39 is 0 Å². The van der Waals surface area contributed by atoms with Gasteiger partial charge in [0.25, 0.3) is 0 Å². The minimum Gasteiger partial charge on any atom is -0.394 e. The van der Waals surface area contributed by atoms with Crippen molar-refractivity contribution in [2.24, 2.45) is 5.92 Å². The molecule has 110 valence electrons. The summed E-state index contributed by atoms with van der Waals surface area (Å²) in [5.74, 6) is -0.0994. The Morgan fingerprint density at radius 2 is 2.11 bits per heavy atom. The Morgan fingerprint density at radius 1 is 1.37 bits per heavy atom. The maximum absolute atomic E-state index is 12.4. The first-order valence-electron chi connectivity index (χ1n) is 7.45. The second kappa shape index (κ2) is 6.68. The third-order valence-corrected chi connectivity index (χ3v) is 4.33. The second-order valence-corrected chi connectivity index (χ2v) is 5.84.